The van der Waals surface area contributed by atoms with Gasteiger partial charge in [0.05, 0.1) is 11.9 Å². The summed E-state index contributed by atoms with van der Waals surface area (Å²) in [5.74, 6) is -0.213. The molecule has 2 N–H and O–H groups in total. The van der Waals surface area contributed by atoms with E-state index in [0.717, 1.165) is 27.0 Å². The summed E-state index contributed by atoms with van der Waals surface area (Å²) in [6.07, 6.45) is 5.08. The van der Waals surface area contributed by atoms with Gasteiger partial charge >= 0.3 is 0 Å². The number of halogens is 1. The van der Waals surface area contributed by atoms with Crippen molar-refractivity contribution >= 4 is 33.2 Å². The van der Waals surface area contributed by atoms with Gasteiger partial charge in [0.2, 0.25) is 0 Å². The number of nitrogens with one attached hydrogen (secondary N) is 2. The SMILES string of the molecule is Cc1cc(Br)ccc1Nc1ccc(C(=O)NCc2cccnc2)nc1. The van der Waals surface area contributed by atoms with Crippen LogP contribution in [0.1, 0.15) is 21.6 Å². The van der Waals surface area contributed by atoms with Crippen LogP contribution in [0.5, 0.6) is 0 Å². The predicted octanol–water partition coefficient (Wildman–Crippen LogP) is 4.22. The molecule has 1 aromatic carbocycles. The van der Waals surface area contributed by atoms with E-state index in [-0.39, 0.29) is 5.91 Å². The highest BCUT2D eigenvalue weighted by Gasteiger charge is 2.07. The van der Waals surface area contributed by atoms with Gasteiger partial charge in [-0.05, 0) is 54.4 Å². The Balaban J connectivity index is 1.62. The Hall–Kier alpha value is -2.73. The lowest BCUT2D eigenvalue weighted by Crippen LogP contribution is -2.23. The van der Waals surface area contributed by atoms with E-state index in [0.29, 0.717) is 12.2 Å². The lowest BCUT2D eigenvalue weighted by atomic mass is 10.2. The van der Waals surface area contributed by atoms with Crippen molar-refractivity contribution in [3.63, 3.8) is 0 Å². The maximum absolute atomic E-state index is 12.2. The van der Waals surface area contributed by atoms with Gasteiger partial charge < -0.3 is 10.6 Å². The predicted molar refractivity (Wildman–Crippen MR) is 102 cm³/mol. The molecule has 3 aromatic rings. The van der Waals surface area contributed by atoms with Crippen LogP contribution in [-0.4, -0.2) is 15.9 Å². The quantitative estimate of drug-likeness (QED) is 0.677. The molecule has 0 aliphatic heterocycles. The van der Waals surface area contributed by atoms with Crippen molar-refractivity contribution in [3.8, 4) is 0 Å². The van der Waals surface area contributed by atoms with E-state index in [1.807, 2.05) is 43.3 Å². The van der Waals surface area contributed by atoms with Crippen LogP contribution in [0.15, 0.2) is 65.5 Å². The number of aryl methyl sites for hydroxylation is 1. The number of amides is 1. The van der Waals surface area contributed by atoms with Crippen molar-refractivity contribution in [1.29, 1.82) is 0 Å². The van der Waals surface area contributed by atoms with Gasteiger partial charge in [0, 0.05) is 29.1 Å². The molecule has 0 saturated carbocycles. The first-order valence-corrected chi connectivity index (χ1v) is 8.57. The highest BCUT2D eigenvalue weighted by Crippen LogP contribution is 2.23. The van der Waals surface area contributed by atoms with Gasteiger partial charge in [-0.2, -0.15) is 0 Å². The van der Waals surface area contributed by atoms with Gasteiger partial charge in [-0.1, -0.05) is 22.0 Å². The van der Waals surface area contributed by atoms with E-state index in [2.05, 4.69) is 36.5 Å². The fourth-order valence-electron chi connectivity index (χ4n) is 2.30. The lowest BCUT2D eigenvalue weighted by molar-refractivity contribution is 0.0946. The van der Waals surface area contributed by atoms with Gasteiger partial charge in [-0.3, -0.25) is 9.78 Å². The zero-order valence-corrected chi connectivity index (χ0v) is 15.2. The summed E-state index contributed by atoms with van der Waals surface area (Å²) in [7, 11) is 0. The summed E-state index contributed by atoms with van der Waals surface area (Å²) in [6.45, 7) is 2.45. The molecule has 0 saturated heterocycles. The number of rotatable bonds is 5. The summed E-state index contributed by atoms with van der Waals surface area (Å²) >= 11 is 3.45. The van der Waals surface area contributed by atoms with Crippen molar-refractivity contribution in [2.24, 2.45) is 0 Å². The first kappa shape index (κ1) is 17.1. The van der Waals surface area contributed by atoms with Crippen LogP contribution >= 0.6 is 15.9 Å². The number of pyridine rings is 2. The molecule has 126 valence electrons. The van der Waals surface area contributed by atoms with Gasteiger partial charge in [0.15, 0.2) is 0 Å². The van der Waals surface area contributed by atoms with Gasteiger partial charge in [-0.25, -0.2) is 4.98 Å². The van der Waals surface area contributed by atoms with Crippen molar-refractivity contribution in [3.05, 3.63) is 82.3 Å². The maximum atomic E-state index is 12.2. The number of carbonyl (C=O) groups excluding carboxylic acids is 1. The molecule has 0 bridgehead atoms. The van der Waals surface area contributed by atoms with Crippen molar-refractivity contribution < 1.29 is 4.79 Å². The highest BCUT2D eigenvalue weighted by atomic mass is 79.9. The summed E-state index contributed by atoms with van der Waals surface area (Å²) in [5, 5.41) is 6.13. The average Bonchev–Trinajstić information content (AvgIpc) is 2.63. The molecule has 0 unspecified atom stereocenters. The summed E-state index contributed by atoms with van der Waals surface area (Å²) < 4.78 is 1.04. The maximum Gasteiger partial charge on any atom is 0.270 e. The van der Waals surface area contributed by atoms with Gasteiger partial charge in [0.25, 0.3) is 5.91 Å². The van der Waals surface area contributed by atoms with Crippen LogP contribution in [0.25, 0.3) is 0 Å². The molecule has 5 nitrogen and oxygen atoms in total. The molecule has 0 aliphatic carbocycles. The van der Waals surface area contributed by atoms with Crippen LogP contribution in [0, 0.1) is 6.92 Å². The second-order valence-electron chi connectivity index (χ2n) is 5.56. The number of benzene rings is 1. The van der Waals surface area contributed by atoms with Crippen LogP contribution in [0.3, 0.4) is 0 Å². The highest BCUT2D eigenvalue weighted by molar-refractivity contribution is 9.10. The monoisotopic (exact) mass is 396 g/mol. The minimum Gasteiger partial charge on any atom is -0.354 e. The smallest absolute Gasteiger partial charge is 0.270 e. The minimum absolute atomic E-state index is 0.213. The molecule has 6 heteroatoms. The molecule has 0 radical (unpaired) electrons. The number of anilines is 2. The standard InChI is InChI=1S/C19H17BrN4O/c1-13-9-15(20)4-6-17(13)24-16-5-7-18(22-12-16)19(25)23-11-14-3-2-8-21-10-14/h2-10,12,24H,11H2,1H3,(H,23,25). The second kappa shape index (κ2) is 7.90. The Bertz CT molecular complexity index is 866. The second-order valence-corrected chi connectivity index (χ2v) is 6.48. The molecular formula is C19H17BrN4O. The van der Waals surface area contributed by atoms with E-state index < -0.39 is 0 Å². The fourth-order valence-corrected chi connectivity index (χ4v) is 2.78. The van der Waals surface area contributed by atoms with E-state index >= 15 is 0 Å². The van der Waals surface area contributed by atoms with E-state index in [4.69, 9.17) is 0 Å². The summed E-state index contributed by atoms with van der Waals surface area (Å²) in [5.41, 5.74) is 4.27. The molecule has 25 heavy (non-hydrogen) atoms. The van der Waals surface area contributed by atoms with Crippen LogP contribution in [0.4, 0.5) is 11.4 Å². The Morgan fingerprint density at radius 3 is 2.72 bits per heavy atom. The lowest BCUT2D eigenvalue weighted by Gasteiger charge is -2.10. The Morgan fingerprint density at radius 1 is 1.16 bits per heavy atom. The number of nitrogens with zero attached hydrogens (tertiary/aromatic N) is 2. The topological polar surface area (TPSA) is 66.9 Å². The first-order chi connectivity index (χ1) is 12.1. The van der Waals surface area contributed by atoms with E-state index in [1.54, 1.807) is 24.7 Å². The molecule has 3 rings (SSSR count). The van der Waals surface area contributed by atoms with Gasteiger partial charge in [0.1, 0.15) is 5.69 Å². The number of hydrogen-bond donors (Lipinski definition) is 2. The zero-order valence-electron chi connectivity index (χ0n) is 13.7. The summed E-state index contributed by atoms with van der Waals surface area (Å²) in [6, 6.07) is 13.3. The zero-order chi connectivity index (χ0) is 17.6. The first-order valence-electron chi connectivity index (χ1n) is 7.78. The molecule has 0 spiro atoms. The van der Waals surface area contributed by atoms with Gasteiger partial charge in [-0.15, -0.1) is 0 Å². The Labute approximate surface area is 154 Å². The largest absolute Gasteiger partial charge is 0.354 e. The van der Waals surface area contributed by atoms with E-state index in [1.165, 1.54) is 0 Å². The number of hydrogen-bond acceptors (Lipinski definition) is 4. The third-order valence-electron chi connectivity index (χ3n) is 3.64. The van der Waals surface area contributed by atoms with Crippen LogP contribution in [-0.2, 0) is 6.54 Å². The summed E-state index contributed by atoms with van der Waals surface area (Å²) in [4.78, 5) is 20.4. The van der Waals surface area contributed by atoms with Crippen LogP contribution in [0.2, 0.25) is 0 Å². The molecule has 0 atom stereocenters. The normalized spacial score (nSPS) is 10.3. The molecule has 0 aliphatic rings. The minimum atomic E-state index is -0.213. The van der Waals surface area contributed by atoms with Crippen LogP contribution < -0.4 is 10.6 Å². The third-order valence-corrected chi connectivity index (χ3v) is 4.13. The molecule has 0 fully saturated rings. The molecular weight excluding hydrogens is 380 g/mol. The van der Waals surface area contributed by atoms with Crippen molar-refractivity contribution in [1.82, 2.24) is 15.3 Å². The molecule has 2 heterocycles. The third kappa shape index (κ3) is 4.64. The van der Waals surface area contributed by atoms with Crippen molar-refractivity contribution in [2.75, 3.05) is 5.32 Å². The van der Waals surface area contributed by atoms with E-state index in [9.17, 15) is 4.79 Å². The molecule has 2 aromatic heterocycles. The average molecular weight is 397 g/mol. The molecule has 1 amide bonds. The van der Waals surface area contributed by atoms with Crippen molar-refractivity contribution in [2.45, 2.75) is 13.5 Å². The number of aromatic nitrogens is 2. The Morgan fingerprint density at radius 2 is 2.04 bits per heavy atom. The Kier molecular flexibility index (Phi) is 5.40. The fraction of sp³-hybridized carbons (Fsp3) is 0.105. The number of carbonyl (C=O) groups is 1.